The Morgan fingerprint density at radius 1 is 0.946 bits per heavy atom. The molecule has 2 aliphatic carbocycles. The molecule has 0 radical (unpaired) electrons. The predicted molar refractivity (Wildman–Crippen MR) is 125 cm³/mol. The lowest BCUT2D eigenvalue weighted by atomic mass is 9.85. The molecule has 10 heteroatoms. The number of nitrogens with one attached hydrogen (secondary N) is 1. The largest absolute Gasteiger partial charge is 0.454 e. The summed E-state index contributed by atoms with van der Waals surface area (Å²) in [5.41, 5.74) is -0.844. The third-order valence-corrected chi connectivity index (χ3v) is 7.21. The highest BCUT2D eigenvalue weighted by molar-refractivity contribution is 6.09. The van der Waals surface area contributed by atoms with Crippen LogP contribution in [0.15, 0.2) is 66.7 Å². The van der Waals surface area contributed by atoms with E-state index in [9.17, 15) is 32.3 Å². The zero-order valence-electron chi connectivity index (χ0n) is 19.5. The van der Waals surface area contributed by atoms with Crippen LogP contribution in [0.25, 0.3) is 0 Å². The summed E-state index contributed by atoms with van der Waals surface area (Å²) in [5.74, 6) is -3.98. The second kappa shape index (κ2) is 9.49. The summed E-state index contributed by atoms with van der Waals surface area (Å²) < 4.78 is 44.8. The fourth-order valence-electron chi connectivity index (χ4n) is 5.61. The van der Waals surface area contributed by atoms with Crippen LogP contribution in [0.1, 0.15) is 17.5 Å². The molecule has 1 saturated heterocycles. The van der Waals surface area contributed by atoms with Crippen LogP contribution in [0.2, 0.25) is 0 Å². The molecule has 5 rings (SSSR count). The highest BCUT2D eigenvalue weighted by atomic mass is 19.4. The molecule has 2 aromatic carbocycles. The smallest absolute Gasteiger partial charge is 0.418 e. The molecule has 3 amide bonds. The number of para-hydroxylation sites is 1. The fraction of sp³-hybridized carbons (Fsp3) is 0.333. The van der Waals surface area contributed by atoms with Crippen molar-refractivity contribution in [2.24, 2.45) is 23.7 Å². The summed E-state index contributed by atoms with van der Waals surface area (Å²) in [6.45, 7) is -0.883. The molecule has 7 nitrogen and oxygen atoms in total. The molecule has 2 fully saturated rings. The summed E-state index contributed by atoms with van der Waals surface area (Å²) >= 11 is 0. The van der Waals surface area contributed by atoms with Crippen LogP contribution in [0.5, 0.6) is 0 Å². The van der Waals surface area contributed by atoms with Crippen molar-refractivity contribution in [2.45, 2.75) is 25.1 Å². The van der Waals surface area contributed by atoms with Crippen molar-refractivity contribution in [3.63, 3.8) is 0 Å². The molecule has 37 heavy (non-hydrogen) atoms. The van der Waals surface area contributed by atoms with Crippen LogP contribution in [-0.4, -0.2) is 41.2 Å². The zero-order chi connectivity index (χ0) is 26.3. The molecule has 192 valence electrons. The average molecular weight is 512 g/mol. The number of benzene rings is 2. The van der Waals surface area contributed by atoms with Gasteiger partial charge in [0.2, 0.25) is 11.8 Å². The normalized spacial score (nSPS) is 24.8. The number of carbonyl (C=O) groups excluding carboxylic acids is 4. The number of ether oxygens (including phenoxy) is 1. The Labute approximate surface area is 210 Å². The van der Waals surface area contributed by atoms with Gasteiger partial charge in [-0.05, 0) is 36.0 Å². The third kappa shape index (κ3) is 4.63. The minimum Gasteiger partial charge on any atom is -0.454 e. The number of fused-ring (bicyclic) bond motifs is 5. The summed E-state index contributed by atoms with van der Waals surface area (Å²) in [4.78, 5) is 53.1. The molecule has 0 aromatic heterocycles. The number of esters is 1. The van der Waals surface area contributed by atoms with Crippen molar-refractivity contribution in [2.75, 3.05) is 11.9 Å². The number of halogens is 3. The first kappa shape index (κ1) is 24.7. The van der Waals surface area contributed by atoms with Gasteiger partial charge in [-0.2, -0.15) is 13.2 Å². The van der Waals surface area contributed by atoms with Crippen molar-refractivity contribution in [1.29, 1.82) is 0 Å². The molecule has 0 unspecified atom stereocenters. The third-order valence-electron chi connectivity index (χ3n) is 7.21. The highest BCUT2D eigenvalue weighted by Gasteiger charge is 2.61. The maximum absolute atomic E-state index is 13.3. The molecular weight excluding hydrogens is 489 g/mol. The van der Waals surface area contributed by atoms with E-state index in [-0.39, 0.29) is 18.3 Å². The minimum atomic E-state index is -4.69. The zero-order valence-corrected chi connectivity index (χ0v) is 19.5. The number of hydrogen-bond acceptors (Lipinski definition) is 5. The van der Waals surface area contributed by atoms with E-state index in [0.717, 1.165) is 23.5 Å². The Hall–Kier alpha value is -3.95. The van der Waals surface area contributed by atoms with Crippen LogP contribution >= 0.6 is 0 Å². The number of imide groups is 1. The molecule has 2 bridgehead atoms. The number of rotatable bonds is 7. The topological polar surface area (TPSA) is 92.8 Å². The SMILES string of the molecule is O=C(COC(=O)[C@H](Cc1ccccc1)N1C(=O)[C@@H]2[C@@H](C1=O)[C@H]1C=C[C@H]2C1)Nc1ccccc1C(F)(F)F. The monoisotopic (exact) mass is 512 g/mol. The van der Waals surface area contributed by atoms with E-state index in [1.807, 2.05) is 12.2 Å². The van der Waals surface area contributed by atoms with E-state index in [0.29, 0.717) is 5.56 Å². The maximum atomic E-state index is 13.3. The molecule has 3 aliphatic rings. The van der Waals surface area contributed by atoms with Gasteiger partial charge >= 0.3 is 12.1 Å². The van der Waals surface area contributed by atoms with Gasteiger partial charge in [0.05, 0.1) is 23.1 Å². The molecule has 1 heterocycles. The van der Waals surface area contributed by atoms with Crippen LogP contribution in [0, 0.1) is 23.7 Å². The van der Waals surface area contributed by atoms with Gasteiger partial charge in [-0.3, -0.25) is 19.3 Å². The van der Waals surface area contributed by atoms with Gasteiger partial charge in [0.25, 0.3) is 5.91 Å². The van der Waals surface area contributed by atoms with Crippen LogP contribution in [0.3, 0.4) is 0 Å². The van der Waals surface area contributed by atoms with Gasteiger partial charge < -0.3 is 10.1 Å². The lowest BCUT2D eigenvalue weighted by Crippen LogP contribution is -2.48. The number of hydrogen-bond donors (Lipinski definition) is 1. The predicted octanol–water partition coefficient (Wildman–Crippen LogP) is 3.61. The highest BCUT2D eigenvalue weighted by Crippen LogP contribution is 2.53. The van der Waals surface area contributed by atoms with Gasteiger partial charge in [-0.15, -0.1) is 0 Å². The van der Waals surface area contributed by atoms with E-state index in [1.54, 1.807) is 30.3 Å². The quantitative estimate of drug-likeness (QED) is 0.348. The van der Waals surface area contributed by atoms with Crippen LogP contribution in [-0.2, 0) is 36.5 Å². The Morgan fingerprint density at radius 3 is 2.16 bits per heavy atom. The van der Waals surface area contributed by atoms with Gasteiger partial charge in [-0.25, -0.2) is 4.79 Å². The van der Waals surface area contributed by atoms with Crippen molar-refractivity contribution in [3.8, 4) is 0 Å². The lowest BCUT2D eigenvalue weighted by Gasteiger charge is -2.26. The number of likely N-dealkylation sites (tertiary alicyclic amines) is 1. The first-order valence-electron chi connectivity index (χ1n) is 11.9. The van der Waals surface area contributed by atoms with Gasteiger partial charge in [0.1, 0.15) is 6.04 Å². The van der Waals surface area contributed by atoms with E-state index in [2.05, 4.69) is 5.32 Å². The summed E-state index contributed by atoms with van der Waals surface area (Å²) in [6, 6.07) is 11.9. The summed E-state index contributed by atoms with van der Waals surface area (Å²) in [5, 5.41) is 2.11. The Bertz CT molecular complexity index is 1250. The van der Waals surface area contributed by atoms with E-state index < -0.39 is 65.6 Å². The molecule has 1 N–H and O–H groups in total. The van der Waals surface area contributed by atoms with E-state index >= 15 is 0 Å². The van der Waals surface area contributed by atoms with Gasteiger partial charge in [-0.1, -0.05) is 54.6 Å². The Balaban J connectivity index is 1.32. The van der Waals surface area contributed by atoms with Crippen LogP contribution in [0.4, 0.5) is 18.9 Å². The number of alkyl halides is 3. The van der Waals surface area contributed by atoms with E-state index in [4.69, 9.17) is 4.74 Å². The molecule has 1 aliphatic heterocycles. The molecule has 5 atom stereocenters. The minimum absolute atomic E-state index is 0.0160. The molecule has 1 saturated carbocycles. The van der Waals surface area contributed by atoms with Gasteiger partial charge in [0.15, 0.2) is 6.61 Å². The fourth-order valence-corrected chi connectivity index (χ4v) is 5.61. The second-order valence-corrected chi connectivity index (χ2v) is 9.45. The lowest BCUT2D eigenvalue weighted by molar-refractivity contribution is -0.160. The van der Waals surface area contributed by atoms with Crippen molar-refractivity contribution in [3.05, 3.63) is 77.9 Å². The first-order valence-corrected chi connectivity index (χ1v) is 11.9. The van der Waals surface area contributed by atoms with Crippen molar-refractivity contribution < 1.29 is 37.1 Å². The Morgan fingerprint density at radius 2 is 1.54 bits per heavy atom. The number of amides is 3. The molecule has 2 aromatic rings. The molecule has 0 spiro atoms. The number of anilines is 1. The van der Waals surface area contributed by atoms with Gasteiger partial charge in [0, 0.05) is 6.42 Å². The molecular formula is C27H23F3N2O5. The number of nitrogens with zero attached hydrogens (tertiary/aromatic N) is 1. The second-order valence-electron chi connectivity index (χ2n) is 9.45. The summed E-state index contributed by atoms with van der Waals surface area (Å²) in [7, 11) is 0. The standard InChI is InChI=1S/C27H23F3N2O5/c28-27(29,30)18-8-4-5-9-19(18)31-21(33)14-37-26(36)20(12-15-6-2-1-3-7-15)32-24(34)22-16-10-11-17(13-16)23(22)25(32)35/h1-11,16-17,20,22-23H,12-14H2,(H,31,33)/t16-,17-,20-,22-,23-/m0/s1. The van der Waals surface area contributed by atoms with Crippen molar-refractivity contribution in [1.82, 2.24) is 4.90 Å². The van der Waals surface area contributed by atoms with E-state index in [1.165, 1.54) is 12.1 Å². The Kier molecular flexibility index (Phi) is 6.35. The number of carbonyl (C=O) groups is 4. The first-order chi connectivity index (χ1) is 17.6. The maximum Gasteiger partial charge on any atom is 0.418 e. The van der Waals surface area contributed by atoms with Crippen LogP contribution < -0.4 is 5.32 Å². The van der Waals surface area contributed by atoms with Crippen molar-refractivity contribution >= 4 is 29.4 Å². The summed E-state index contributed by atoms with van der Waals surface area (Å²) in [6.07, 6.45) is -0.0988. The number of allylic oxidation sites excluding steroid dienone is 2. The average Bonchev–Trinajstić information content (AvgIpc) is 3.55.